The molecule has 0 aliphatic carbocycles. The summed E-state index contributed by atoms with van der Waals surface area (Å²) in [5.74, 6) is 0. The van der Waals surface area contributed by atoms with Gasteiger partial charge in [0.25, 0.3) is 0 Å². The van der Waals surface area contributed by atoms with Gasteiger partial charge in [0.1, 0.15) is 0 Å². The van der Waals surface area contributed by atoms with Gasteiger partial charge in [-0.25, -0.2) is 0 Å². The summed E-state index contributed by atoms with van der Waals surface area (Å²) >= 11 is 13.6. The molecule has 56 valence electrons. The minimum absolute atomic E-state index is 0.678. The van der Waals surface area contributed by atoms with Gasteiger partial charge in [0, 0.05) is 10.0 Å². The Kier molecular flexibility index (Phi) is 5.93. The molecule has 1 aromatic carbocycles. The highest BCUT2D eigenvalue weighted by atomic mass is 35.5. The number of hydrogen-bond acceptors (Lipinski definition) is 2. The highest BCUT2D eigenvalue weighted by Gasteiger charge is 1.84. The van der Waals surface area contributed by atoms with Gasteiger partial charge in [-0.15, -0.1) is 0 Å². The van der Waals surface area contributed by atoms with Crippen LogP contribution in [0.4, 0.5) is 0 Å². The summed E-state index contributed by atoms with van der Waals surface area (Å²) in [6.45, 7) is 0. The lowest BCUT2D eigenvalue weighted by molar-refractivity contribution is 0.679. The molecule has 0 amide bonds. The van der Waals surface area contributed by atoms with Gasteiger partial charge in [0.15, 0.2) is 0 Å². The molecular formula is C6H6Cl2OS. The second-order valence-electron chi connectivity index (χ2n) is 1.44. The fraction of sp³-hybridized carbons (Fsp3) is 0. The van der Waals surface area contributed by atoms with Crippen LogP contribution < -0.4 is 0 Å². The van der Waals surface area contributed by atoms with Gasteiger partial charge in [-0.1, -0.05) is 29.3 Å². The van der Waals surface area contributed by atoms with Gasteiger partial charge in [0.2, 0.25) is 0 Å². The minimum Gasteiger partial charge on any atom is -0.333 e. The van der Waals surface area contributed by atoms with E-state index in [2.05, 4.69) is 12.9 Å². The standard InChI is InChI=1S/C6H4Cl2.H2OS/c7-5-2-1-3-6(8)4-5;1-2/h1-4H;1-2H. The predicted octanol–water partition coefficient (Wildman–Crippen LogP) is 3.38. The molecule has 0 atom stereocenters. The van der Waals surface area contributed by atoms with Crippen molar-refractivity contribution in [3.8, 4) is 0 Å². The molecule has 0 radical (unpaired) electrons. The van der Waals surface area contributed by atoms with Gasteiger partial charge in [-0.3, -0.25) is 0 Å². The quantitative estimate of drug-likeness (QED) is 0.482. The molecule has 1 aromatic rings. The lowest BCUT2D eigenvalue weighted by Gasteiger charge is -1.86. The van der Waals surface area contributed by atoms with E-state index in [-0.39, 0.29) is 0 Å². The van der Waals surface area contributed by atoms with Crippen LogP contribution in [0.1, 0.15) is 0 Å². The summed E-state index contributed by atoms with van der Waals surface area (Å²) in [5.41, 5.74) is 0. The zero-order chi connectivity index (χ0) is 7.98. The summed E-state index contributed by atoms with van der Waals surface area (Å²) in [7, 11) is 0. The topological polar surface area (TPSA) is 20.2 Å². The molecule has 0 aliphatic rings. The predicted molar refractivity (Wildman–Crippen MR) is 48.1 cm³/mol. The third kappa shape index (κ3) is 4.01. The summed E-state index contributed by atoms with van der Waals surface area (Å²) < 4.78 is 6.69. The maximum absolute atomic E-state index is 6.69. The minimum atomic E-state index is 0.678. The Bertz CT molecular complexity index is 176. The van der Waals surface area contributed by atoms with Crippen molar-refractivity contribution in [2.24, 2.45) is 0 Å². The van der Waals surface area contributed by atoms with Crippen LogP contribution >= 0.6 is 36.1 Å². The van der Waals surface area contributed by atoms with E-state index in [1.54, 1.807) is 18.2 Å². The fourth-order valence-corrected chi connectivity index (χ4v) is 0.896. The van der Waals surface area contributed by atoms with Crippen LogP contribution in [0.5, 0.6) is 0 Å². The van der Waals surface area contributed by atoms with Crippen molar-refractivity contribution in [1.29, 1.82) is 0 Å². The summed E-state index contributed by atoms with van der Waals surface area (Å²) in [6, 6.07) is 7.08. The zero-order valence-corrected chi connectivity index (χ0v) is 7.37. The average molecular weight is 197 g/mol. The molecule has 0 spiro atoms. The molecule has 1 N–H and O–H groups in total. The highest BCUT2D eigenvalue weighted by Crippen LogP contribution is 2.13. The number of hydrogen-bond donors (Lipinski definition) is 2. The third-order valence-corrected chi connectivity index (χ3v) is 1.26. The monoisotopic (exact) mass is 196 g/mol. The second-order valence-corrected chi connectivity index (χ2v) is 2.31. The van der Waals surface area contributed by atoms with Gasteiger partial charge < -0.3 is 4.55 Å². The molecule has 1 rings (SSSR count). The van der Waals surface area contributed by atoms with Crippen molar-refractivity contribution in [2.45, 2.75) is 0 Å². The number of rotatable bonds is 0. The zero-order valence-electron chi connectivity index (χ0n) is 4.96. The van der Waals surface area contributed by atoms with Crippen LogP contribution in [0.3, 0.4) is 0 Å². The molecule has 1 nitrogen and oxygen atoms in total. The van der Waals surface area contributed by atoms with E-state index in [0.29, 0.717) is 10.0 Å². The third-order valence-electron chi connectivity index (χ3n) is 0.787. The van der Waals surface area contributed by atoms with E-state index in [9.17, 15) is 0 Å². The first-order valence-electron chi connectivity index (χ1n) is 2.40. The average Bonchev–Trinajstić information content (AvgIpc) is 1.91. The second kappa shape index (κ2) is 5.86. The van der Waals surface area contributed by atoms with Crippen LogP contribution in [0.2, 0.25) is 10.0 Å². The van der Waals surface area contributed by atoms with Gasteiger partial charge in [-0.2, -0.15) is 0 Å². The molecule has 0 saturated carbocycles. The normalized spacial score (nSPS) is 8.00. The van der Waals surface area contributed by atoms with E-state index in [1.165, 1.54) is 0 Å². The fourth-order valence-electron chi connectivity index (χ4n) is 0.460. The first kappa shape index (κ1) is 10.1. The Morgan fingerprint density at radius 2 is 1.50 bits per heavy atom. The smallest absolute Gasteiger partial charge is 0.0420 e. The van der Waals surface area contributed by atoms with Gasteiger partial charge in [0.05, 0.1) is 0 Å². The van der Waals surface area contributed by atoms with Crippen molar-refractivity contribution >= 4 is 36.1 Å². The molecule has 0 bridgehead atoms. The summed E-state index contributed by atoms with van der Waals surface area (Å²) in [6.07, 6.45) is 0. The maximum Gasteiger partial charge on any atom is 0.0420 e. The van der Waals surface area contributed by atoms with Crippen molar-refractivity contribution in [3.05, 3.63) is 34.3 Å². The number of benzene rings is 1. The molecule has 0 aromatic heterocycles. The van der Waals surface area contributed by atoms with Crippen molar-refractivity contribution in [1.82, 2.24) is 0 Å². The molecule has 0 fully saturated rings. The molecule has 0 aliphatic heterocycles. The van der Waals surface area contributed by atoms with Crippen LogP contribution in [-0.4, -0.2) is 4.55 Å². The van der Waals surface area contributed by atoms with Crippen LogP contribution in [-0.2, 0) is 0 Å². The van der Waals surface area contributed by atoms with Crippen LogP contribution in [0.15, 0.2) is 24.3 Å². The van der Waals surface area contributed by atoms with Crippen molar-refractivity contribution < 1.29 is 4.55 Å². The Morgan fingerprint density at radius 3 is 1.70 bits per heavy atom. The molecule has 0 unspecified atom stereocenters. The van der Waals surface area contributed by atoms with Crippen LogP contribution in [0.25, 0.3) is 0 Å². The molecule has 0 saturated heterocycles. The molecular weight excluding hydrogens is 191 g/mol. The summed E-state index contributed by atoms with van der Waals surface area (Å²) in [5, 5.41) is 1.36. The summed E-state index contributed by atoms with van der Waals surface area (Å²) in [4.78, 5) is 0. The molecule has 0 heterocycles. The molecule has 10 heavy (non-hydrogen) atoms. The number of halogens is 2. The first-order chi connectivity index (χ1) is 4.79. The Morgan fingerprint density at radius 1 is 1.10 bits per heavy atom. The van der Waals surface area contributed by atoms with Crippen molar-refractivity contribution in [2.75, 3.05) is 0 Å². The van der Waals surface area contributed by atoms with Gasteiger partial charge >= 0.3 is 0 Å². The lowest BCUT2D eigenvalue weighted by atomic mass is 10.4. The van der Waals surface area contributed by atoms with E-state index in [0.717, 1.165) is 0 Å². The largest absolute Gasteiger partial charge is 0.333 e. The van der Waals surface area contributed by atoms with Crippen molar-refractivity contribution in [3.63, 3.8) is 0 Å². The van der Waals surface area contributed by atoms with E-state index < -0.39 is 0 Å². The first-order valence-corrected chi connectivity index (χ1v) is 3.56. The maximum atomic E-state index is 6.69. The van der Waals surface area contributed by atoms with E-state index in [1.807, 2.05) is 6.07 Å². The number of thiol groups is 1. The Labute approximate surface area is 75.2 Å². The Balaban J connectivity index is 0.000000371. The Hall–Kier alpha value is 0.110. The lowest BCUT2D eigenvalue weighted by Crippen LogP contribution is -1.61. The van der Waals surface area contributed by atoms with E-state index >= 15 is 0 Å². The highest BCUT2D eigenvalue weighted by molar-refractivity contribution is 7.74. The molecule has 4 heteroatoms. The van der Waals surface area contributed by atoms with E-state index in [4.69, 9.17) is 27.8 Å². The van der Waals surface area contributed by atoms with Crippen LogP contribution in [0, 0.1) is 0 Å². The SMILES string of the molecule is Clc1cccc(Cl)c1.OS. The van der Waals surface area contributed by atoms with Gasteiger partial charge in [-0.05, 0) is 31.1 Å².